The van der Waals surface area contributed by atoms with Crippen LogP contribution in [0.3, 0.4) is 0 Å². The SMILES string of the molecule is CC(C)(C)OC(=O)N[C@@H](CNC(=O)On1c(O)ccc1O)COCc1ccccc1. The average molecular weight is 421 g/mol. The van der Waals surface area contributed by atoms with E-state index in [1.807, 2.05) is 30.3 Å². The van der Waals surface area contributed by atoms with Crippen molar-refractivity contribution >= 4 is 12.2 Å². The second-order valence-electron chi connectivity index (χ2n) is 7.45. The zero-order valence-electron chi connectivity index (χ0n) is 17.1. The van der Waals surface area contributed by atoms with Crippen molar-refractivity contribution in [3.05, 3.63) is 48.0 Å². The number of rotatable bonds is 8. The van der Waals surface area contributed by atoms with Crippen LogP contribution in [0.15, 0.2) is 42.5 Å². The van der Waals surface area contributed by atoms with Gasteiger partial charge >= 0.3 is 12.2 Å². The standard InChI is InChI=1S/C20H27N3O7/c1-20(2,3)29-19(27)22-15(13-28-12-14-7-5-4-6-8-14)11-21-18(26)30-23-16(24)9-10-17(23)25/h4-10,15,24-25H,11-13H2,1-3H3,(H,21,26)(H,22,27)/t15-/m0/s1. The largest absolute Gasteiger partial charge is 0.492 e. The highest BCUT2D eigenvalue weighted by Crippen LogP contribution is 2.18. The molecular weight excluding hydrogens is 394 g/mol. The van der Waals surface area contributed by atoms with Gasteiger partial charge in [0.25, 0.3) is 0 Å². The molecule has 2 rings (SSSR count). The average Bonchev–Trinajstić information content (AvgIpc) is 2.97. The lowest BCUT2D eigenvalue weighted by atomic mass is 10.2. The maximum Gasteiger partial charge on any atom is 0.432 e. The minimum atomic E-state index is -0.948. The molecule has 10 nitrogen and oxygen atoms in total. The molecule has 4 N–H and O–H groups in total. The summed E-state index contributed by atoms with van der Waals surface area (Å²) in [6.45, 7) is 5.57. The smallest absolute Gasteiger partial charge is 0.432 e. The summed E-state index contributed by atoms with van der Waals surface area (Å²) in [5.74, 6) is -0.894. The summed E-state index contributed by atoms with van der Waals surface area (Å²) in [5, 5.41) is 24.1. The van der Waals surface area contributed by atoms with Gasteiger partial charge in [-0.05, 0) is 26.3 Å². The normalized spacial score (nSPS) is 12.1. The second kappa shape index (κ2) is 10.4. The highest BCUT2D eigenvalue weighted by atomic mass is 16.7. The molecule has 0 aliphatic carbocycles. The van der Waals surface area contributed by atoms with E-state index < -0.39 is 35.6 Å². The van der Waals surface area contributed by atoms with Crippen LogP contribution in [0.2, 0.25) is 0 Å². The quantitative estimate of drug-likeness (QED) is 0.514. The summed E-state index contributed by atoms with van der Waals surface area (Å²) in [5.41, 5.74) is 0.273. The Labute approximate surface area is 174 Å². The maximum atomic E-state index is 12.1. The van der Waals surface area contributed by atoms with Crippen molar-refractivity contribution in [1.29, 1.82) is 0 Å². The summed E-state index contributed by atoms with van der Waals surface area (Å²) < 4.78 is 11.4. The molecule has 2 amide bonds. The first-order chi connectivity index (χ1) is 14.1. The monoisotopic (exact) mass is 421 g/mol. The summed E-state index contributed by atoms with van der Waals surface area (Å²) >= 11 is 0. The number of hydrogen-bond acceptors (Lipinski definition) is 7. The Kier molecular flexibility index (Phi) is 7.93. The minimum Gasteiger partial charge on any atom is -0.492 e. The van der Waals surface area contributed by atoms with Gasteiger partial charge in [-0.1, -0.05) is 30.3 Å². The van der Waals surface area contributed by atoms with E-state index in [0.29, 0.717) is 11.3 Å². The Morgan fingerprint density at radius 2 is 1.67 bits per heavy atom. The molecule has 0 saturated heterocycles. The van der Waals surface area contributed by atoms with Crippen molar-refractivity contribution in [2.75, 3.05) is 13.2 Å². The molecule has 0 bridgehead atoms. The molecule has 0 saturated carbocycles. The number of nitrogens with one attached hydrogen (secondary N) is 2. The fourth-order valence-corrected chi connectivity index (χ4v) is 2.34. The lowest BCUT2D eigenvalue weighted by Crippen LogP contribution is -2.48. The number of hydrogen-bond donors (Lipinski definition) is 4. The van der Waals surface area contributed by atoms with Crippen LogP contribution in [0.1, 0.15) is 26.3 Å². The molecule has 0 aliphatic rings. The van der Waals surface area contributed by atoms with Gasteiger partial charge in [0.05, 0.1) is 19.3 Å². The third kappa shape index (κ3) is 7.92. The van der Waals surface area contributed by atoms with Gasteiger partial charge in [0.2, 0.25) is 11.8 Å². The van der Waals surface area contributed by atoms with Crippen molar-refractivity contribution < 1.29 is 34.1 Å². The first-order valence-electron chi connectivity index (χ1n) is 9.31. The van der Waals surface area contributed by atoms with E-state index in [1.165, 1.54) is 0 Å². The molecule has 1 heterocycles. The van der Waals surface area contributed by atoms with Gasteiger partial charge in [0.15, 0.2) is 0 Å². The number of nitrogens with zero attached hydrogens (tertiary/aromatic N) is 1. The zero-order chi connectivity index (χ0) is 22.1. The van der Waals surface area contributed by atoms with Gasteiger partial charge in [0, 0.05) is 18.7 Å². The molecular formula is C20H27N3O7. The predicted octanol–water partition coefficient (Wildman–Crippen LogP) is 2.15. The van der Waals surface area contributed by atoms with Gasteiger partial charge in [0.1, 0.15) is 5.60 Å². The molecule has 0 unspecified atom stereocenters. The van der Waals surface area contributed by atoms with Crippen molar-refractivity contribution in [3.63, 3.8) is 0 Å². The fraction of sp³-hybridized carbons (Fsp3) is 0.400. The van der Waals surface area contributed by atoms with E-state index >= 15 is 0 Å². The number of amides is 2. The van der Waals surface area contributed by atoms with Crippen molar-refractivity contribution in [2.45, 2.75) is 39.0 Å². The van der Waals surface area contributed by atoms with Crippen LogP contribution in [-0.2, 0) is 16.1 Å². The van der Waals surface area contributed by atoms with E-state index in [9.17, 15) is 19.8 Å². The summed E-state index contributed by atoms with van der Waals surface area (Å²) in [6.07, 6.45) is -1.61. The Morgan fingerprint density at radius 3 is 2.27 bits per heavy atom. The number of ether oxygens (including phenoxy) is 2. The van der Waals surface area contributed by atoms with Crippen LogP contribution in [0.5, 0.6) is 11.8 Å². The van der Waals surface area contributed by atoms with Crippen molar-refractivity contribution in [2.24, 2.45) is 0 Å². The van der Waals surface area contributed by atoms with Crippen LogP contribution in [-0.4, -0.2) is 51.9 Å². The van der Waals surface area contributed by atoms with Gasteiger partial charge in [-0.3, -0.25) is 0 Å². The number of benzene rings is 1. The molecule has 0 aliphatic heterocycles. The molecule has 10 heteroatoms. The lowest BCUT2D eigenvalue weighted by Gasteiger charge is -2.24. The van der Waals surface area contributed by atoms with Gasteiger partial charge < -0.3 is 35.2 Å². The second-order valence-corrected chi connectivity index (χ2v) is 7.45. The maximum absolute atomic E-state index is 12.1. The van der Waals surface area contributed by atoms with E-state index in [-0.39, 0.29) is 13.2 Å². The van der Waals surface area contributed by atoms with E-state index in [0.717, 1.165) is 17.7 Å². The molecule has 2 aromatic rings. The minimum absolute atomic E-state index is 0.0460. The molecule has 1 aromatic heterocycles. The van der Waals surface area contributed by atoms with Gasteiger partial charge in [-0.25, -0.2) is 9.59 Å². The molecule has 1 atom stereocenters. The number of aromatic hydroxyl groups is 2. The zero-order valence-corrected chi connectivity index (χ0v) is 17.1. The molecule has 0 fully saturated rings. The predicted molar refractivity (Wildman–Crippen MR) is 107 cm³/mol. The molecule has 1 aromatic carbocycles. The molecule has 164 valence electrons. The van der Waals surface area contributed by atoms with Gasteiger partial charge in [-0.15, -0.1) is 4.73 Å². The molecule has 0 radical (unpaired) electrons. The van der Waals surface area contributed by atoms with Crippen molar-refractivity contribution in [1.82, 2.24) is 15.4 Å². The highest BCUT2D eigenvalue weighted by molar-refractivity contribution is 5.69. The Bertz CT molecular complexity index is 811. The Hall–Kier alpha value is -3.40. The van der Waals surface area contributed by atoms with Crippen LogP contribution >= 0.6 is 0 Å². The van der Waals surface area contributed by atoms with E-state index in [1.54, 1.807) is 20.8 Å². The van der Waals surface area contributed by atoms with Crippen LogP contribution < -0.4 is 15.5 Å². The molecule has 0 spiro atoms. The summed E-state index contributed by atoms with van der Waals surface area (Å²) in [7, 11) is 0. The summed E-state index contributed by atoms with van der Waals surface area (Å²) in [6, 6.07) is 11.2. The number of aromatic nitrogens is 1. The Balaban J connectivity index is 1.90. The first kappa shape index (κ1) is 22.9. The third-order valence-electron chi connectivity index (χ3n) is 3.62. The van der Waals surface area contributed by atoms with Crippen LogP contribution in [0.4, 0.5) is 9.59 Å². The fourth-order valence-electron chi connectivity index (χ4n) is 2.34. The van der Waals surface area contributed by atoms with Gasteiger partial charge in [-0.2, -0.15) is 0 Å². The van der Waals surface area contributed by atoms with Crippen molar-refractivity contribution in [3.8, 4) is 11.8 Å². The number of carbonyl (C=O) groups excluding carboxylic acids is 2. The highest BCUT2D eigenvalue weighted by Gasteiger charge is 2.21. The lowest BCUT2D eigenvalue weighted by molar-refractivity contribution is 0.0424. The van der Waals surface area contributed by atoms with E-state index in [4.69, 9.17) is 14.3 Å². The first-order valence-corrected chi connectivity index (χ1v) is 9.31. The topological polar surface area (TPSA) is 131 Å². The van der Waals surface area contributed by atoms with E-state index in [2.05, 4.69) is 10.6 Å². The van der Waals surface area contributed by atoms with Crippen LogP contribution in [0.25, 0.3) is 0 Å². The number of carbonyl (C=O) groups is 2. The van der Waals surface area contributed by atoms with Crippen LogP contribution in [0, 0.1) is 0 Å². The summed E-state index contributed by atoms with van der Waals surface area (Å²) in [4.78, 5) is 28.9. The third-order valence-corrected chi connectivity index (χ3v) is 3.62. The molecule has 30 heavy (non-hydrogen) atoms. The Morgan fingerprint density at radius 1 is 1.03 bits per heavy atom. The number of alkyl carbamates (subject to hydrolysis) is 1.